The minimum atomic E-state index is 0.0962. The second-order valence-corrected chi connectivity index (χ2v) is 4.94. The number of hydrogen-bond donors (Lipinski definition) is 1. The van der Waals surface area contributed by atoms with Crippen LogP contribution in [0.15, 0.2) is 22.7 Å². The van der Waals surface area contributed by atoms with E-state index in [9.17, 15) is 4.79 Å². The zero-order valence-corrected chi connectivity index (χ0v) is 10.7. The highest BCUT2D eigenvalue weighted by Gasteiger charge is 2.18. The van der Waals surface area contributed by atoms with Gasteiger partial charge in [0.1, 0.15) is 0 Å². The van der Waals surface area contributed by atoms with Gasteiger partial charge in [0.25, 0.3) is 5.91 Å². The Bertz CT molecular complexity index is 400. The van der Waals surface area contributed by atoms with E-state index in [1.165, 1.54) is 6.42 Å². The molecule has 1 aromatic carbocycles. The molecular weight excluding hydrogens is 268 g/mol. The maximum absolute atomic E-state index is 12.1. The number of piperidine rings is 1. The molecule has 0 saturated carbocycles. The van der Waals surface area contributed by atoms with Crippen molar-refractivity contribution in [3.05, 3.63) is 28.2 Å². The van der Waals surface area contributed by atoms with Crippen LogP contribution in [0.4, 0.5) is 5.69 Å². The molecule has 2 rings (SSSR count). The molecule has 0 bridgehead atoms. The predicted molar refractivity (Wildman–Crippen MR) is 68.3 cm³/mol. The maximum Gasteiger partial charge on any atom is 0.253 e. The van der Waals surface area contributed by atoms with Gasteiger partial charge in [-0.25, -0.2) is 0 Å². The molecule has 4 heteroatoms. The lowest BCUT2D eigenvalue weighted by molar-refractivity contribution is 0.0724. The molecule has 1 saturated heterocycles. The SMILES string of the molecule is Nc1cc(C(=O)N2CCCCC2)ccc1Br. The largest absolute Gasteiger partial charge is 0.398 e. The Morgan fingerprint density at radius 1 is 1.25 bits per heavy atom. The van der Waals surface area contributed by atoms with E-state index in [1.807, 2.05) is 17.0 Å². The molecule has 1 aromatic rings. The fourth-order valence-corrected chi connectivity index (χ4v) is 2.20. The molecule has 1 amide bonds. The van der Waals surface area contributed by atoms with Crippen LogP contribution in [0.5, 0.6) is 0 Å². The molecule has 86 valence electrons. The molecule has 3 nitrogen and oxygen atoms in total. The Morgan fingerprint density at radius 2 is 1.94 bits per heavy atom. The lowest BCUT2D eigenvalue weighted by Gasteiger charge is -2.26. The van der Waals surface area contributed by atoms with Gasteiger partial charge in [-0.1, -0.05) is 0 Å². The first-order valence-corrected chi connectivity index (χ1v) is 6.32. The summed E-state index contributed by atoms with van der Waals surface area (Å²) in [5.74, 6) is 0.0962. The highest BCUT2D eigenvalue weighted by atomic mass is 79.9. The van der Waals surface area contributed by atoms with Crippen LogP contribution in [0.1, 0.15) is 29.6 Å². The van der Waals surface area contributed by atoms with Gasteiger partial charge in [-0.2, -0.15) is 0 Å². The number of rotatable bonds is 1. The first kappa shape index (κ1) is 11.5. The summed E-state index contributed by atoms with van der Waals surface area (Å²) in [6, 6.07) is 5.38. The Balaban J connectivity index is 2.16. The van der Waals surface area contributed by atoms with Crippen molar-refractivity contribution < 1.29 is 4.79 Å². The molecule has 1 heterocycles. The zero-order chi connectivity index (χ0) is 11.5. The quantitative estimate of drug-likeness (QED) is 0.805. The molecule has 1 fully saturated rings. The molecule has 0 aromatic heterocycles. The summed E-state index contributed by atoms with van der Waals surface area (Å²) in [5, 5.41) is 0. The summed E-state index contributed by atoms with van der Waals surface area (Å²) in [5.41, 5.74) is 7.07. The third kappa shape index (κ3) is 2.38. The van der Waals surface area contributed by atoms with Crippen molar-refractivity contribution in [3.63, 3.8) is 0 Å². The molecule has 1 aliphatic heterocycles. The number of carbonyl (C=O) groups excluding carboxylic acids is 1. The number of hydrogen-bond acceptors (Lipinski definition) is 2. The van der Waals surface area contributed by atoms with Crippen molar-refractivity contribution in [2.24, 2.45) is 0 Å². The minimum absolute atomic E-state index is 0.0962. The van der Waals surface area contributed by atoms with Crippen LogP contribution >= 0.6 is 15.9 Å². The monoisotopic (exact) mass is 282 g/mol. The van der Waals surface area contributed by atoms with Gasteiger partial charge in [0, 0.05) is 28.8 Å². The van der Waals surface area contributed by atoms with Gasteiger partial charge in [0.05, 0.1) is 0 Å². The first-order chi connectivity index (χ1) is 7.68. The Labute approximate surface area is 104 Å². The van der Waals surface area contributed by atoms with Crippen molar-refractivity contribution in [2.45, 2.75) is 19.3 Å². The zero-order valence-electron chi connectivity index (χ0n) is 9.08. The van der Waals surface area contributed by atoms with Gasteiger partial charge >= 0.3 is 0 Å². The second-order valence-electron chi connectivity index (χ2n) is 4.09. The number of carbonyl (C=O) groups is 1. The summed E-state index contributed by atoms with van der Waals surface area (Å²) < 4.78 is 0.836. The van der Waals surface area contributed by atoms with Crippen molar-refractivity contribution in [1.29, 1.82) is 0 Å². The highest BCUT2D eigenvalue weighted by Crippen LogP contribution is 2.22. The third-order valence-electron chi connectivity index (χ3n) is 2.89. The van der Waals surface area contributed by atoms with Crippen molar-refractivity contribution in [1.82, 2.24) is 4.90 Å². The van der Waals surface area contributed by atoms with E-state index < -0.39 is 0 Å². The lowest BCUT2D eigenvalue weighted by atomic mass is 10.1. The van der Waals surface area contributed by atoms with Gasteiger partial charge < -0.3 is 10.6 Å². The molecule has 0 spiro atoms. The second kappa shape index (κ2) is 4.87. The molecule has 0 radical (unpaired) electrons. The number of nitrogen functional groups attached to an aromatic ring is 1. The maximum atomic E-state index is 12.1. The van der Waals surface area contributed by atoms with Gasteiger partial charge in [0.15, 0.2) is 0 Å². The lowest BCUT2D eigenvalue weighted by Crippen LogP contribution is -2.35. The fourth-order valence-electron chi connectivity index (χ4n) is 1.96. The third-order valence-corrected chi connectivity index (χ3v) is 3.61. The topological polar surface area (TPSA) is 46.3 Å². The Morgan fingerprint density at radius 3 is 2.56 bits per heavy atom. The summed E-state index contributed by atoms with van der Waals surface area (Å²) in [7, 11) is 0. The van der Waals surface area contributed by atoms with Crippen LogP contribution in [0.25, 0.3) is 0 Å². The van der Waals surface area contributed by atoms with Gasteiger partial charge in [0.2, 0.25) is 0 Å². The number of amides is 1. The van der Waals surface area contributed by atoms with Crippen molar-refractivity contribution in [3.8, 4) is 0 Å². The number of nitrogens with two attached hydrogens (primary N) is 1. The van der Waals surface area contributed by atoms with E-state index in [0.29, 0.717) is 11.3 Å². The highest BCUT2D eigenvalue weighted by molar-refractivity contribution is 9.10. The van der Waals surface area contributed by atoms with E-state index in [2.05, 4.69) is 15.9 Å². The van der Waals surface area contributed by atoms with Crippen molar-refractivity contribution in [2.75, 3.05) is 18.8 Å². The number of halogens is 1. The summed E-state index contributed by atoms with van der Waals surface area (Å²) in [4.78, 5) is 14.0. The van der Waals surface area contributed by atoms with Crippen LogP contribution in [-0.4, -0.2) is 23.9 Å². The van der Waals surface area contributed by atoms with E-state index >= 15 is 0 Å². The minimum Gasteiger partial charge on any atom is -0.398 e. The van der Waals surface area contributed by atoms with E-state index in [1.54, 1.807) is 6.07 Å². The van der Waals surface area contributed by atoms with E-state index in [4.69, 9.17) is 5.73 Å². The van der Waals surface area contributed by atoms with Crippen LogP contribution in [0, 0.1) is 0 Å². The normalized spacial score (nSPS) is 16.2. The molecule has 16 heavy (non-hydrogen) atoms. The van der Waals surface area contributed by atoms with Crippen LogP contribution in [0.3, 0.4) is 0 Å². The summed E-state index contributed by atoms with van der Waals surface area (Å²) in [6.07, 6.45) is 3.45. The molecule has 0 atom stereocenters. The number of likely N-dealkylation sites (tertiary alicyclic amines) is 1. The van der Waals surface area contributed by atoms with E-state index in [-0.39, 0.29) is 5.91 Å². The van der Waals surface area contributed by atoms with Crippen LogP contribution in [-0.2, 0) is 0 Å². The van der Waals surface area contributed by atoms with Gasteiger partial charge in [-0.05, 0) is 53.4 Å². The molecule has 2 N–H and O–H groups in total. The summed E-state index contributed by atoms with van der Waals surface area (Å²) >= 11 is 3.32. The van der Waals surface area contributed by atoms with Crippen molar-refractivity contribution >= 4 is 27.5 Å². The number of benzene rings is 1. The smallest absolute Gasteiger partial charge is 0.253 e. The van der Waals surface area contributed by atoms with Crippen LogP contribution in [0.2, 0.25) is 0 Å². The Kier molecular flexibility index (Phi) is 3.49. The Hall–Kier alpha value is -1.03. The number of nitrogens with zero attached hydrogens (tertiary/aromatic N) is 1. The molecule has 1 aliphatic rings. The molecule has 0 unspecified atom stereocenters. The summed E-state index contributed by atoms with van der Waals surface area (Å²) in [6.45, 7) is 1.74. The fraction of sp³-hybridized carbons (Fsp3) is 0.417. The van der Waals surface area contributed by atoms with Gasteiger partial charge in [-0.3, -0.25) is 4.79 Å². The first-order valence-electron chi connectivity index (χ1n) is 5.53. The standard InChI is InChI=1S/C12H15BrN2O/c13-10-5-4-9(8-11(10)14)12(16)15-6-2-1-3-7-15/h4-5,8H,1-3,6-7,14H2. The van der Waals surface area contributed by atoms with E-state index in [0.717, 1.165) is 30.4 Å². The molecular formula is C12H15BrN2O. The van der Waals surface area contributed by atoms with Gasteiger partial charge in [-0.15, -0.1) is 0 Å². The predicted octanol–water partition coefficient (Wildman–Crippen LogP) is 2.66. The van der Waals surface area contributed by atoms with Crippen LogP contribution < -0.4 is 5.73 Å². The average molecular weight is 283 g/mol. The number of anilines is 1. The average Bonchev–Trinajstić information content (AvgIpc) is 2.33. The molecule has 0 aliphatic carbocycles.